The molecule has 0 saturated heterocycles. The summed E-state index contributed by atoms with van der Waals surface area (Å²) in [5, 5.41) is 3.97. The summed E-state index contributed by atoms with van der Waals surface area (Å²) in [5.41, 5.74) is 1.32. The smallest absolute Gasteiger partial charge is 0.242 e. The van der Waals surface area contributed by atoms with Gasteiger partial charge in [-0.3, -0.25) is 13.9 Å². The van der Waals surface area contributed by atoms with Crippen LogP contribution in [0.4, 0.5) is 5.69 Å². The number of hydrogen-bond acceptors (Lipinski definition) is 4. The van der Waals surface area contributed by atoms with Gasteiger partial charge in [-0.2, -0.15) is 0 Å². The highest BCUT2D eigenvalue weighted by Gasteiger charge is 2.26. The second-order valence-electron chi connectivity index (χ2n) is 8.38. The molecular weight excluding hydrogens is 509 g/mol. The third kappa shape index (κ3) is 9.35. The summed E-state index contributed by atoms with van der Waals surface area (Å²) in [4.78, 5) is 27.5. The van der Waals surface area contributed by atoms with E-state index < -0.39 is 16.1 Å². The number of nitrogens with zero attached hydrogens (tertiary/aromatic N) is 2. The fourth-order valence-electron chi connectivity index (χ4n) is 3.52. The second kappa shape index (κ2) is 13.7. The Bertz CT molecular complexity index is 1080. The number of benzene rings is 2. The number of anilines is 1. The minimum atomic E-state index is -3.56. The van der Waals surface area contributed by atoms with Crippen molar-refractivity contribution >= 4 is 50.7 Å². The van der Waals surface area contributed by atoms with E-state index in [1.807, 2.05) is 19.1 Å². The Morgan fingerprint density at radius 2 is 1.54 bits per heavy atom. The van der Waals surface area contributed by atoms with Crippen LogP contribution >= 0.6 is 23.2 Å². The van der Waals surface area contributed by atoms with Gasteiger partial charge >= 0.3 is 0 Å². The van der Waals surface area contributed by atoms with Crippen molar-refractivity contribution in [2.75, 3.05) is 23.7 Å². The topological polar surface area (TPSA) is 86.8 Å². The zero-order chi connectivity index (χ0) is 26.0. The molecule has 7 nitrogen and oxygen atoms in total. The van der Waals surface area contributed by atoms with Crippen LogP contribution in [0.1, 0.15) is 45.1 Å². The number of unbranched alkanes of at least 4 members (excludes halogenated alkanes) is 1. The Morgan fingerprint density at radius 1 is 0.971 bits per heavy atom. The molecular formula is C25H33Cl2N3O4S. The highest BCUT2D eigenvalue weighted by molar-refractivity contribution is 7.92. The van der Waals surface area contributed by atoms with Crippen LogP contribution in [0.25, 0.3) is 0 Å². The molecule has 2 rings (SSSR count). The number of sulfonamides is 1. The average Bonchev–Trinajstić information content (AvgIpc) is 2.81. The summed E-state index contributed by atoms with van der Waals surface area (Å²) in [6, 6.07) is 12.9. The molecule has 0 heterocycles. The van der Waals surface area contributed by atoms with Crippen molar-refractivity contribution in [1.29, 1.82) is 0 Å². The van der Waals surface area contributed by atoms with Crippen LogP contribution in [-0.4, -0.2) is 50.5 Å². The van der Waals surface area contributed by atoms with Crippen LogP contribution in [0.15, 0.2) is 48.5 Å². The molecule has 0 aromatic heterocycles. The van der Waals surface area contributed by atoms with Crippen LogP contribution in [-0.2, 0) is 26.2 Å². The standard InChI is InChI=1S/C25H33Cl2N3O4S/c1-4-5-16-28-25(32)19(2)29(18-20-8-10-21(26)11-9-20)24(31)7-6-17-30(35(3,33)34)23-14-12-22(27)13-15-23/h8-15,19H,4-7,16-18H2,1-3H3,(H,28,32)/t19-/m0/s1. The van der Waals surface area contributed by atoms with Gasteiger partial charge in [0.15, 0.2) is 0 Å². The van der Waals surface area contributed by atoms with Gasteiger partial charge < -0.3 is 10.2 Å². The maximum atomic E-state index is 13.2. The summed E-state index contributed by atoms with van der Waals surface area (Å²) in [6.07, 6.45) is 3.30. The van der Waals surface area contributed by atoms with Gasteiger partial charge in [0.25, 0.3) is 0 Å². The van der Waals surface area contributed by atoms with E-state index in [1.165, 1.54) is 9.21 Å². The van der Waals surface area contributed by atoms with Crippen LogP contribution in [0, 0.1) is 0 Å². The van der Waals surface area contributed by atoms with Crippen molar-refractivity contribution in [3.63, 3.8) is 0 Å². The lowest BCUT2D eigenvalue weighted by Crippen LogP contribution is -2.47. The van der Waals surface area contributed by atoms with Crippen molar-refractivity contribution in [1.82, 2.24) is 10.2 Å². The minimum Gasteiger partial charge on any atom is -0.354 e. The Labute approximate surface area is 218 Å². The van der Waals surface area contributed by atoms with E-state index in [1.54, 1.807) is 43.3 Å². The summed E-state index contributed by atoms with van der Waals surface area (Å²) in [5.74, 6) is -0.456. The van der Waals surface area contributed by atoms with E-state index in [2.05, 4.69) is 5.32 Å². The first kappa shape index (κ1) is 28.9. The minimum absolute atomic E-state index is 0.0831. The number of hydrogen-bond donors (Lipinski definition) is 1. The molecule has 2 aromatic carbocycles. The Balaban J connectivity index is 2.12. The van der Waals surface area contributed by atoms with Gasteiger partial charge in [0, 0.05) is 36.1 Å². The molecule has 2 amide bonds. The summed E-state index contributed by atoms with van der Waals surface area (Å²) >= 11 is 11.9. The predicted octanol–water partition coefficient (Wildman–Crippen LogP) is 4.87. The maximum absolute atomic E-state index is 13.2. The van der Waals surface area contributed by atoms with Crippen LogP contribution in [0.3, 0.4) is 0 Å². The Kier molecular flexibility index (Phi) is 11.3. The van der Waals surface area contributed by atoms with Gasteiger partial charge in [0.05, 0.1) is 11.9 Å². The molecule has 0 aliphatic carbocycles. The molecule has 0 aliphatic rings. The molecule has 0 spiro atoms. The number of carbonyl (C=O) groups excluding carboxylic acids is 2. The van der Waals surface area contributed by atoms with E-state index in [4.69, 9.17) is 23.2 Å². The lowest BCUT2D eigenvalue weighted by atomic mass is 10.1. The van der Waals surface area contributed by atoms with E-state index in [0.717, 1.165) is 24.7 Å². The van der Waals surface area contributed by atoms with Crippen LogP contribution in [0.2, 0.25) is 10.0 Å². The zero-order valence-corrected chi connectivity index (χ0v) is 22.7. The quantitative estimate of drug-likeness (QED) is 0.366. The first-order valence-corrected chi connectivity index (χ1v) is 14.2. The lowest BCUT2D eigenvalue weighted by molar-refractivity contribution is -0.140. The van der Waals surface area contributed by atoms with Crippen LogP contribution < -0.4 is 9.62 Å². The second-order valence-corrected chi connectivity index (χ2v) is 11.2. The largest absolute Gasteiger partial charge is 0.354 e. The van der Waals surface area contributed by atoms with E-state index >= 15 is 0 Å². The number of halogens is 2. The van der Waals surface area contributed by atoms with Crippen molar-refractivity contribution in [2.45, 2.75) is 52.1 Å². The fourth-order valence-corrected chi connectivity index (χ4v) is 4.73. The number of nitrogens with one attached hydrogen (secondary N) is 1. The highest BCUT2D eigenvalue weighted by Crippen LogP contribution is 2.21. The molecule has 0 radical (unpaired) electrons. The highest BCUT2D eigenvalue weighted by atomic mass is 35.5. The van der Waals surface area contributed by atoms with E-state index in [9.17, 15) is 18.0 Å². The third-order valence-electron chi connectivity index (χ3n) is 5.53. The van der Waals surface area contributed by atoms with Gasteiger partial charge in [0.2, 0.25) is 21.8 Å². The van der Waals surface area contributed by atoms with Crippen LogP contribution in [0.5, 0.6) is 0 Å². The number of rotatable bonds is 13. The maximum Gasteiger partial charge on any atom is 0.242 e. The molecule has 192 valence electrons. The van der Waals surface area contributed by atoms with Crippen molar-refractivity contribution in [3.8, 4) is 0 Å². The van der Waals surface area contributed by atoms with E-state index in [-0.39, 0.29) is 37.7 Å². The Morgan fingerprint density at radius 3 is 2.09 bits per heavy atom. The van der Waals surface area contributed by atoms with Gasteiger partial charge in [-0.25, -0.2) is 8.42 Å². The third-order valence-corrected chi connectivity index (χ3v) is 7.23. The molecule has 0 saturated carbocycles. The molecule has 1 atom stereocenters. The summed E-state index contributed by atoms with van der Waals surface area (Å²) in [6.45, 7) is 4.65. The Hall–Kier alpha value is -2.29. The first-order valence-electron chi connectivity index (χ1n) is 11.6. The molecule has 0 aliphatic heterocycles. The monoisotopic (exact) mass is 541 g/mol. The molecule has 0 fully saturated rings. The van der Waals surface area contributed by atoms with Gasteiger partial charge in [-0.15, -0.1) is 0 Å². The van der Waals surface area contributed by atoms with Crippen molar-refractivity contribution < 1.29 is 18.0 Å². The fraction of sp³-hybridized carbons (Fsp3) is 0.440. The van der Waals surface area contributed by atoms with Crippen molar-refractivity contribution in [3.05, 3.63) is 64.1 Å². The zero-order valence-electron chi connectivity index (χ0n) is 20.3. The molecule has 10 heteroatoms. The van der Waals surface area contributed by atoms with Gasteiger partial charge in [-0.1, -0.05) is 48.7 Å². The summed E-state index contributed by atoms with van der Waals surface area (Å²) in [7, 11) is -3.56. The molecule has 2 aromatic rings. The first-order chi connectivity index (χ1) is 16.5. The molecule has 0 unspecified atom stereocenters. The normalized spacial score (nSPS) is 12.1. The molecule has 0 bridgehead atoms. The van der Waals surface area contributed by atoms with Crippen molar-refractivity contribution in [2.24, 2.45) is 0 Å². The SMILES string of the molecule is CCCCNC(=O)[C@H](C)N(Cc1ccc(Cl)cc1)C(=O)CCCN(c1ccc(Cl)cc1)S(C)(=O)=O. The van der Waals surface area contributed by atoms with Gasteiger partial charge in [-0.05, 0) is 61.7 Å². The average molecular weight is 543 g/mol. The lowest BCUT2D eigenvalue weighted by Gasteiger charge is -2.29. The van der Waals surface area contributed by atoms with Gasteiger partial charge in [0.1, 0.15) is 6.04 Å². The molecule has 1 N–H and O–H groups in total. The predicted molar refractivity (Wildman–Crippen MR) is 142 cm³/mol. The number of amides is 2. The number of carbonyl (C=O) groups is 2. The summed E-state index contributed by atoms with van der Waals surface area (Å²) < 4.78 is 26.0. The van der Waals surface area contributed by atoms with E-state index in [0.29, 0.717) is 22.3 Å². The molecule has 35 heavy (non-hydrogen) atoms.